The number of rotatable bonds is 6. The molecule has 0 unspecified atom stereocenters. The van der Waals surface area contributed by atoms with Crippen LogP contribution in [0.25, 0.3) is 0 Å². The number of nitrogens with zero attached hydrogens (tertiary/aromatic N) is 2. The molecule has 2 aromatic carbocycles. The Morgan fingerprint density at radius 2 is 1.91 bits per heavy atom. The van der Waals surface area contributed by atoms with Gasteiger partial charge in [-0.1, -0.05) is 18.2 Å². The van der Waals surface area contributed by atoms with Crippen molar-refractivity contribution in [2.45, 2.75) is 38.7 Å². The smallest absolute Gasteiger partial charge is 0.161 e. The van der Waals surface area contributed by atoms with Crippen molar-refractivity contribution in [1.29, 1.82) is 5.26 Å². The topological polar surface area (TPSA) is 88.6 Å². The van der Waals surface area contributed by atoms with Gasteiger partial charge in [0.15, 0.2) is 17.3 Å². The van der Waals surface area contributed by atoms with Gasteiger partial charge < -0.3 is 20.1 Å². The minimum absolute atomic E-state index is 0.0444. The summed E-state index contributed by atoms with van der Waals surface area (Å²) in [5.74, 6) is 0.602. The molecule has 4 rings (SSSR count). The standard InChI is InChI=1S/C26H26FN3O3/c1-3-32-23-13-17(9-12-22(23)33-15-16-7-10-18(27)11-8-16)24-19(14-28)26(29)30(2)20-5-4-6-21(31)25(20)24/h7-13,24H,3-6,15,29H2,1-2H3/t24-/m1/s1. The summed E-state index contributed by atoms with van der Waals surface area (Å²) in [7, 11) is 1.80. The average Bonchev–Trinajstić information content (AvgIpc) is 2.82. The maximum absolute atomic E-state index is 13.2. The van der Waals surface area contributed by atoms with Gasteiger partial charge in [-0.05, 0) is 55.2 Å². The molecule has 0 amide bonds. The lowest BCUT2D eigenvalue weighted by Gasteiger charge is -2.37. The molecule has 0 fully saturated rings. The van der Waals surface area contributed by atoms with Crippen LogP contribution in [0.1, 0.15) is 43.2 Å². The molecule has 1 heterocycles. The zero-order valence-corrected chi connectivity index (χ0v) is 18.7. The average molecular weight is 448 g/mol. The third kappa shape index (κ3) is 4.29. The largest absolute Gasteiger partial charge is 0.490 e. The molecule has 0 saturated carbocycles. The number of hydrogen-bond donors (Lipinski definition) is 1. The number of carbonyl (C=O) groups excluding carboxylic acids is 1. The fourth-order valence-corrected chi connectivity index (χ4v) is 4.43. The molecule has 0 spiro atoms. The van der Waals surface area contributed by atoms with Crippen LogP contribution in [-0.2, 0) is 11.4 Å². The Labute approximate surface area is 192 Å². The number of carbonyl (C=O) groups is 1. The lowest BCUT2D eigenvalue weighted by molar-refractivity contribution is -0.116. The van der Waals surface area contributed by atoms with Crippen molar-refractivity contribution >= 4 is 5.78 Å². The van der Waals surface area contributed by atoms with Gasteiger partial charge in [0, 0.05) is 24.7 Å². The summed E-state index contributed by atoms with van der Waals surface area (Å²) in [6.07, 6.45) is 1.97. The van der Waals surface area contributed by atoms with E-state index in [1.165, 1.54) is 12.1 Å². The third-order valence-electron chi connectivity index (χ3n) is 6.08. The van der Waals surface area contributed by atoms with E-state index in [9.17, 15) is 14.4 Å². The van der Waals surface area contributed by atoms with E-state index in [1.807, 2.05) is 19.1 Å². The normalized spacial score (nSPS) is 18.2. The van der Waals surface area contributed by atoms with E-state index in [4.69, 9.17) is 15.2 Å². The maximum Gasteiger partial charge on any atom is 0.161 e. The molecule has 1 aliphatic heterocycles. The van der Waals surface area contributed by atoms with Crippen LogP contribution in [0.4, 0.5) is 4.39 Å². The molecule has 33 heavy (non-hydrogen) atoms. The van der Waals surface area contributed by atoms with Crippen LogP contribution >= 0.6 is 0 Å². The summed E-state index contributed by atoms with van der Waals surface area (Å²) in [4.78, 5) is 14.7. The van der Waals surface area contributed by atoms with E-state index in [-0.39, 0.29) is 18.2 Å². The molecule has 0 aromatic heterocycles. The zero-order chi connectivity index (χ0) is 23.5. The zero-order valence-electron chi connectivity index (χ0n) is 18.7. The molecule has 7 heteroatoms. The van der Waals surface area contributed by atoms with E-state index in [2.05, 4.69) is 6.07 Å². The number of nitriles is 1. The van der Waals surface area contributed by atoms with Gasteiger partial charge >= 0.3 is 0 Å². The molecular weight excluding hydrogens is 421 g/mol. The van der Waals surface area contributed by atoms with Gasteiger partial charge in [-0.15, -0.1) is 0 Å². The summed E-state index contributed by atoms with van der Waals surface area (Å²) in [5.41, 5.74) is 9.76. The molecule has 2 N–H and O–H groups in total. The summed E-state index contributed by atoms with van der Waals surface area (Å²) in [5, 5.41) is 9.91. The highest BCUT2D eigenvalue weighted by Crippen LogP contribution is 2.45. The van der Waals surface area contributed by atoms with E-state index >= 15 is 0 Å². The van der Waals surface area contributed by atoms with Gasteiger partial charge in [0.2, 0.25) is 0 Å². The number of Topliss-reactive ketones (excluding diaryl/α,β-unsaturated/α-hetero) is 1. The van der Waals surface area contributed by atoms with Crippen molar-refractivity contribution in [1.82, 2.24) is 4.90 Å². The molecule has 0 saturated heterocycles. The first-order valence-electron chi connectivity index (χ1n) is 11.0. The van der Waals surface area contributed by atoms with E-state index in [1.54, 1.807) is 30.1 Å². The lowest BCUT2D eigenvalue weighted by Crippen LogP contribution is -2.36. The van der Waals surface area contributed by atoms with Crippen molar-refractivity contribution < 1.29 is 18.7 Å². The minimum Gasteiger partial charge on any atom is -0.490 e. The summed E-state index contributed by atoms with van der Waals surface area (Å²) in [6, 6.07) is 13.8. The fraction of sp³-hybridized carbons (Fsp3) is 0.308. The number of ketones is 1. The summed E-state index contributed by atoms with van der Waals surface area (Å²) >= 11 is 0. The maximum atomic E-state index is 13.2. The number of allylic oxidation sites excluding steroid dienone is 3. The molecule has 0 radical (unpaired) electrons. The van der Waals surface area contributed by atoms with Crippen LogP contribution in [0.2, 0.25) is 0 Å². The Hall–Kier alpha value is -3.79. The molecule has 6 nitrogen and oxygen atoms in total. The highest BCUT2D eigenvalue weighted by Gasteiger charge is 2.38. The van der Waals surface area contributed by atoms with Crippen LogP contribution in [0.3, 0.4) is 0 Å². The van der Waals surface area contributed by atoms with Crippen LogP contribution in [0.15, 0.2) is 65.1 Å². The third-order valence-corrected chi connectivity index (χ3v) is 6.08. The minimum atomic E-state index is -0.542. The van der Waals surface area contributed by atoms with E-state index in [0.29, 0.717) is 41.5 Å². The summed E-state index contributed by atoms with van der Waals surface area (Å²) < 4.78 is 24.9. The molecule has 1 atom stereocenters. The SMILES string of the molecule is CCOc1cc([C@@H]2C(C#N)=C(N)N(C)C3=C2C(=O)CCC3)ccc1OCc1ccc(F)cc1. The Balaban J connectivity index is 1.72. The number of hydrogen-bond acceptors (Lipinski definition) is 6. The van der Waals surface area contributed by atoms with Crippen LogP contribution < -0.4 is 15.2 Å². The van der Waals surface area contributed by atoms with E-state index in [0.717, 1.165) is 29.7 Å². The Kier molecular flexibility index (Phi) is 6.36. The Bertz CT molecular complexity index is 1180. The Morgan fingerprint density at radius 1 is 1.15 bits per heavy atom. The van der Waals surface area contributed by atoms with Gasteiger partial charge in [0.05, 0.1) is 24.2 Å². The molecular formula is C26H26FN3O3. The Morgan fingerprint density at radius 3 is 2.61 bits per heavy atom. The van der Waals surface area contributed by atoms with Gasteiger partial charge in [-0.3, -0.25) is 4.79 Å². The van der Waals surface area contributed by atoms with Gasteiger partial charge in [-0.25, -0.2) is 4.39 Å². The van der Waals surface area contributed by atoms with Crippen molar-refractivity contribution in [2.24, 2.45) is 5.73 Å². The van der Waals surface area contributed by atoms with Crippen molar-refractivity contribution in [3.8, 4) is 17.6 Å². The van der Waals surface area contributed by atoms with Crippen molar-refractivity contribution in [3.63, 3.8) is 0 Å². The second-order valence-electron chi connectivity index (χ2n) is 8.09. The van der Waals surface area contributed by atoms with Crippen LogP contribution in [0, 0.1) is 17.1 Å². The van der Waals surface area contributed by atoms with Gasteiger partial charge in [0.25, 0.3) is 0 Å². The van der Waals surface area contributed by atoms with Gasteiger partial charge in [-0.2, -0.15) is 5.26 Å². The van der Waals surface area contributed by atoms with Crippen LogP contribution in [-0.4, -0.2) is 24.3 Å². The quantitative estimate of drug-likeness (QED) is 0.700. The molecule has 2 aromatic rings. The number of benzene rings is 2. The van der Waals surface area contributed by atoms with Crippen molar-refractivity contribution in [2.75, 3.05) is 13.7 Å². The molecule has 2 aliphatic rings. The number of ether oxygens (including phenoxy) is 2. The summed E-state index contributed by atoms with van der Waals surface area (Å²) in [6.45, 7) is 2.54. The predicted molar refractivity (Wildman–Crippen MR) is 122 cm³/mol. The first kappa shape index (κ1) is 22.4. The highest BCUT2D eigenvalue weighted by atomic mass is 19.1. The second kappa shape index (κ2) is 9.37. The van der Waals surface area contributed by atoms with Gasteiger partial charge in [0.1, 0.15) is 18.2 Å². The van der Waals surface area contributed by atoms with Crippen molar-refractivity contribution in [3.05, 3.63) is 82.1 Å². The van der Waals surface area contributed by atoms with E-state index < -0.39 is 5.92 Å². The van der Waals surface area contributed by atoms with Crippen LogP contribution in [0.5, 0.6) is 11.5 Å². The number of nitrogens with two attached hydrogens (primary N) is 1. The predicted octanol–water partition coefficient (Wildman–Crippen LogP) is 4.53. The lowest BCUT2D eigenvalue weighted by atomic mass is 9.76. The molecule has 1 aliphatic carbocycles. The fourth-order valence-electron chi connectivity index (χ4n) is 4.43. The number of halogens is 1. The molecule has 170 valence electrons. The highest BCUT2D eigenvalue weighted by molar-refractivity contribution is 5.99. The monoisotopic (exact) mass is 447 g/mol. The second-order valence-corrected chi connectivity index (χ2v) is 8.09. The first-order chi connectivity index (χ1) is 15.9. The first-order valence-corrected chi connectivity index (χ1v) is 11.0. The molecule has 0 bridgehead atoms.